The predicted octanol–water partition coefficient (Wildman–Crippen LogP) is 2.89. The molecule has 0 saturated heterocycles. The summed E-state index contributed by atoms with van der Waals surface area (Å²) in [5.74, 6) is -2.03. The lowest BCUT2D eigenvalue weighted by molar-refractivity contribution is 0.399. The first-order valence-electron chi connectivity index (χ1n) is 7.17. The Morgan fingerprint density at radius 1 is 0.929 bits per heavy atom. The van der Waals surface area contributed by atoms with Gasteiger partial charge in [-0.2, -0.15) is 5.26 Å². The Balaban J connectivity index is 0.000000283. The number of hydrogen-bond acceptors (Lipinski definition) is 7. The van der Waals surface area contributed by atoms with E-state index in [4.69, 9.17) is 20.7 Å². The molecule has 152 valence electrons. The SMILES string of the molecule is COc1cc(F)ccc1S(=O)(=O)CC#N.COc1cc(F)ccc1S(=O)(=O)Cl. The lowest BCUT2D eigenvalue weighted by Gasteiger charge is -2.06. The average Bonchev–Trinajstić information content (AvgIpc) is 2.60. The smallest absolute Gasteiger partial charge is 0.264 e. The van der Waals surface area contributed by atoms with E-state index in [-0.39, 0.29) is 21.3 Å². The van der Waals surface area contributed by atoms with Crippen LogP contribution in [0.2, 0.25) is 0 Å². The van der Waals surface area contributed by atoms with Gasteiger partial charge < -0.3 is 9.47 Å². The highest BCUT2D eigenvalue weighted by molar-refractivity contribution is 8.13. The monoisotopic (exact) mass is 453 g/mol. The second kappa shape index (κ2) is 9.68. The maximum atomic E-state index is 12.8. The fraction of sp³-hybridized carbons (Fsp3) is 0.188. The van der Waals surface area contributed by atoms with Gasteiger partial charge >= 0.3 is 0 Å². The van der Waals surface area contributed by atoms with Crippen LogP contribution < -0.4 is 9.47 Å². The van der Waals surface area contributed by atoms with Gasteiger partial charge in [0, 0.05) is 22.8 Å². The molecule has 0 fully saturated rings. The number of methoxy groups -OCH3 is 2. The summed E-state index contributed by atoms with van der Waals surface area (Å²) in [7, 11) is -0.0671. The number of hydrogen-bond donors (Lipinski definition) is 0. The summed E-state index contributed by atoms with van der Waals surface area (Å²) in [5, 5.41) is 8.34. The third-order valence-electron chi connectivity index (χ3n) is 3.10. The molecule has 2 rings (SSSR count). The van der Waals surface area contributed by atoms with E-state index >= 15 is 0 Å². The molecule has 0 N–H and O–H groups in total. The number of ether oxygens (including phenoxy) is 2. The minimum absolute atomic E-state index is 0.0924. The van der Waals surface area contributed by atoms with E-state index in [1.165, 1.54) is 20.3 Å². The fourth-order valence-corrected chi connectivity index (χ4v) is 3.95. The molecule has 0 aromatic heterocycles. The molecule has 28 heavy (non-hydrogen) atoms. The number of halogens is 3. The van der Waals surface area contributed by atoms with Gasteiger partial charge in [0.15, 0.2) is 9.84 Å². The second-order valence-electron chi connectivity index (χ2n) is 4.95. The highest BCUT2D eigenvalue weighted by atomic mass is 35.7. The largest absolute Gasteiger partial charge is 0.495 e. The number of sulfone groups is 1. The van der Waals surface area contributed by atoms with Gasteiger partial charge in [0.1, 0.15) is 38.7 Å². The van der Waals surface area contributed by atoms with Gasteiger partial charge in [-0.1, -0.05) is 0 Å². The van der Waals surface area contributed by atoms with Crippen molar-refractivity contribution in [1.82, 2.24) is 0 Å². The van der Waals surface area contributed by atoms with E-state index in [2.05, 4.69) is 4.74 Å². The molecule has 0 aliphatic heterocycles. The summed E-state index contributed by atoms with van der Waals surface area (Å²) >= 11 is 0. The van der Waals surface area contributed by atoms with Crippen LogP contribution >= 0.6 is 10.7 Å². The van der Waals surface area contributed by atoms with Gasteiger partial charge in [-0.05, 0) is 24.3 Å². The van der Waals surface area contributed by atoms with E-state index in [1.54, 1.807) is 0 Å². The zero-order valence-electron chi connectivity index (χ0n) is 14.5. The molecule has 0 amide bonds. The van der Waals surface area contributed by atoms with E-state index < -0.39 is 36.3 Å². The molecule has 2 aromatic rings. The molecule has 0 atom stereocenters. The average molecular weight is 454 g/mol. The van der Waals surface area contributed by atoms with Gasteiger partial charge in [0.25, 0.3) is 9.05 Å². The summed E-state index contributed by atoms with van der Waals surface area (Å²) in [6, 6.07) is 7.59. The van der Waals surface area contributed by atoms with Crippen molar-refractivity contribution in [2.45, 2.75) is 9.79 Å². The number of nitrogens with zero attached hydrogens (tertiary/aromatic N) is 1. The summed E-state index contributed by atoms with van der Waals surface area (Å²) in [6.45, 7) is 0. The normalized spacial score (nSPS) is 11.0. The zero-order valence-corrected chi connectivity index (χ0v) is 16.9. The van der Waals surface area contributed by atoms with Crippen molar-refractivity contribution in [3.05, 3.63) is 48.0 Å². The summed E-state index contributed by atoms with van der Waals surface area (Å²) in [5.41, 5.74) is 0. The van der Waals surface area contributed by atoms with Crippen molar-refractivity contribution in [3.8, 4) is 17.6 Å². The van der Waals surface area contributed by atoms with Gasteiger partial charge in [0.05, 0.1) is 20.3 Å². The van der Waals surface area contributed by atoms with Crippen LogP contribution in [0, 0.1) is 23.0 Å². The Morgan fingerprint density at radius 3 is 1.75 bits per heavy atom. The quantitative estimate of drug-likeness (QED) is 0.505. The van der Waals surface area contributed by atoms with Crippen molar-refractivity contribution in [2.75, 3.05) is 20.0 Å². The first-order valence-corrected chi connectivity index (χ1v) is 11.1. The van der Waals surface area contributed by atoms with Crippen LogP contribution in [0.1, 0.15) is 0 Å². The molecule has 0 unspecified atom stereocenters. The van der Waals surface area contributed by atoms with Crippen molar-refractivity contribution < 1.29 is 35.1 Å². The van der Waals surface area contributed by atoms with E-state index in [0.29, 0.717) is 0 Å². The van der Waals surface area contributed by atoms with Crippen LogP contribution in [0.5, 0.6) is 11.5 Å². The molecular weight excluding hydrogens is 440 g/mol. The maximum Gasteiger partial charge on any atom is 0.264 e. The Bertz CT molecular complexity index is 1100. The van der Waals surface area contributed by atoms with E-state index in [0.717, 1.165) is 36.4 Å². The molecule has 12 heteroatoms. The first-order chi connectivity index (χ1) is 13.0. The van der Waals surface area contributed by atoms with E-state index in [9.17, 15) is 25.6 Å². The topological polar surface area (TPSA) is 111 Å². The zero-order chi connectivity index (χ0) is 21.5. The second-order valence-corrected chi connectivity index (χ2v) is 9.44. The number of nitriles is 1. The molecule has 0 aliphatic rings. The molecule has 0 aliphatic carbocycles. The first kappa shape index (κ1) is 23.6. The third-order valence-corrected chi connectivity index (χ3v) is 5.98. The fourth-order valence-electron chi connectivity index (χ4n) is 1.90. The third kappa shape index (κ3) is 6.33. The molecule has 0 saturated carbocycles. The Morgan fingerprint density at radius 2 is 1.36 bits per heavy atom. The van der Waals surface area contributed by atoms with Gasteiger partial charge in [-0.3, -0.25) is 0 Å². The highest BCUT2D eigenvalue weighted by Crippen LogP contribution is 2.27. The highest BCUT2D eigenvalue weighted by Gasteiger charge is 2.19. The lowest BCUT2D eigenvalue weighted by Crippen LogP contribution is -2.07. The van der Waals surface area contributed by atoms with Crippen molar-refractivity contribution in [2.24, 2.45) is 0 Å². The van der Waals surface area contributed by atoms with Gasteiger partial charge in [-0.25, -0.2) is 25.6 Å². The van der Waals surface area contributed by atoms with Crippen molar-refractivity contribution >= 4 is 29.6 Å². The number of benzene rings is 2. The summed E-state index contributed by atoms with van der Waals surface area (Å²) < 4.78 is 79.5. The standard InChI is InChI=1S/C9H8FNO3S.C7H6ClFO3S/c1-14-8-6-7(10)2-3-9(8)15(12,13)5-4-11;1-12-6-4-5(9)2-3-7(6)13(8,10)11/h2-3,6H,5H2,1H3;2-4H,1H3. The van der Waals surface area contributed by atoms with E-state index in [1.807, 2.05) is 0 Å². The van der Waals surface area contributed by atoms with Crippen LogP contribution in [0.3, 0.4) is 0 Å². The molecule has 0 bridgehead atoms. The van der Waals surface area contributed by atoms with Gasteiger partial charge in [0.2, 0.25) is 0 Å². The van der Waals surface area contributed by atoms with Crippen molar-refractivity contribution in [1.29, 1.82) is 5.26 Å². The Labute approximate surface area is 165 Å². The van der Waals surface area contributed by atoms with Crippen LogP contribution in [-0.4, -0.2) is 36.8 Å². The molecule has 2 aromatic carbocycles. The minimum atomic E-state index is -3.88. The summed E-state index contributed by atoms with van der Waals surface area (Å²) in [4.78, 5) is -0.411. The van der Waals surface area contributed by atoms with Gasteiger partial charge in [-0.15, -0.1) is 0 Å². The lowest BCUT2D eigenvalue weighted by atomic mass is 10.3. The number of rotatable bonds is 5. The molecular formula is C16H14ClF2NO6S2. The summed E-state index contributed by atoms with van der Waals surface area (Å²) in [6.07, 6.45) is 0. The molecule has 0 heterocycles. The van der Waals surface area contributed by atoms with Crippen LogP contribution in [0.15, 0.2) is 46.2 Å². The van der Waals surface area contributed by atoms with Crippen LogP contribution in [0.4, 0.5) is 8.78 Å². The maximum absolute atomic E-state index is 12.8. The van der Waals surface area contributed by atoms with Crippen molar-refractivity contribution in [3.63, 3.8) is 0 Å². The molecule has 0 spiro atoms. The van der Waals surface area contributed by atoms with Crippen LogP contribution in [-0.2, 0) is 18.9 Å². The molecule has 0 radical (unpaired) electrons. The Kier molecular flexibility index (Phi) is 8.16. The van der Waals surface area contributed by atoms with Crippen LogP contribution in [0.25, 0.3) is 0 Å². The molecule has 7 nitrogen and oxygen atoms in total. The minimum Gasteiger partial charge on any atom is -0.495 e. The Hall–Kier alpha value is -2.42. The predicted molar refractivity (Wildman–Crippen MR) is 96.6 cm³/mol.